The number of carbonyl (C=O) groups is 1. The van der Waals surface area contributed by atoms with Crippen molar-refractivity contribution in [3.05, 3.63) is 17.7 Å². The van der Waals surface area contributed by atoms with Crippen molar-refractivity contribution in [1.82, 2.24) is 0 Å². The second-order valence-corrected chi connectivity index (χ2v) is 3.23. The van der Waals surface area contributed by atoms with Crippen molar-refractivity contribution in [2.24, 2.45) is 0 Å². The fourth-order valence-electron chi connectivity index (χ4n) is 0.927. The molecule has 0 amide bonds. The van der Waals surface area contributed by atoms with Crippen LogP contribution in [0.5, 0.6) is 5.75 Å². The van der Waals surface area contributed by atoms with Crippen molar-refractivity contribution in [3.8, 4) is 5.75 Å². The first-order chi connectivity index (χ1) is 6.91. The van der Waals surface area contributed by atoms with Gasteiger partial charge in [0.2, 0.25) is 0 Å². The first-order valence-electron chi connectivity index (χ1n) is 3.66. The van der Waals surface area contributed by atoms with Crippen LogP contribution in [-0.2, 0) is 11.0 Å². The molecule has 0 bridgehead atoms. The Balaban J connectivity index is 3.30. The SMILES string of the molecule is Nc1cc(C(=O)O)cc(O[SH](=O)=O)c1N. The standard InChI is InChI=1S/C7H8N2O5S/c8-4-1-3(7(10)11)2-5(6(4)9)14-15(12)13/h1-2,15H,8-9H2,(H,10,11). The molecule has 0 radical (unpaired) electrons. The Morgan fingerprint density at radius 2 is 1.93 bits per heavy atom. The number of nitrogens with two attached hydrogens (primary N) is 2. The highest BCUT2D eigenvalue weighted by atomic mass is 32.2. The minimum atomic E-state index is -3.17. The van der Waals surface area contributed by atoms with Crippen LogP contribution in [0.2, 0.25) is 0 Å². The number of nitrogen functional groups attached to an aromatic ring is 2. The van der Waals surface area contributed by atoms with E-state index < -0.39 is 17.0 Å². The molecule has 15 heavy (non-hydrogen) atoms. The fourth-order valence-corrected chi connectivity index (χ4v) is 1.24. The lowest BCUT2D eigenvalue weighted by molar-refractivity contribution is 0.0696. The monoisotopic (exact) mass is 232 g/mol. The van der Waals surface area contributed by atoms with E-state index in [1.165, 1.54) is 0 Å². The molecule has 0 aromatic heterocycles. The summed E-state index contributed by atoms with van der Waals surface area (Å²) in [7, 11) is -3.17. The molecule has 0 saturated heterocycles. The largest absolute Gasteiger partial charge is 0.478 e. The van der Waals surface area contributed by atoms with Crippen LogP contribution in [0.1, 0.15) is 10.4 Å². The first-order valence-corrected chi connectivity index (χ1v) is 4.76. The molecular formula is C7H8N2O5S. The molecule has 82 valence electrons. The molecule has 0 aliphatic rings. The number of carboxylic acid groups (broad SMARTS) is 1. The number of rotatable bonds is 3. The number of aromatic carboxylic acids is 1. The molecule has 1 aromatic rings. The zero-order valence-corrected chi connectivity index (χ0v) is 8.23. The minimum Gasteiger partial charge on any atom is -0.478 e. The highest BCUT2D eigenvalue weighted by Gasteiger charge is 2.12. The van der Waals surface area contributed by atoms with E-state index >= 15 is 0 Å². The van der Waals surface area contributed by atoms with E-state index in [2.05, 4.69) is 4.18 Å². The molecule has 7 nitrogen and oxygen atoms in total. The summed E-state index contributed by atoms with van der Waals surface area (Å²) in [6, 6.07) is 2.10. The number of thiol groups is 1. The minimum absolute atomic E-state index is 0.0539. The summed E-state index contributed by atoms with van der Waals surface area (Å²) in [5.41, 5.74) is 10.4. The van der Waals surface area contributed by atoms with E-state index in [1.807, 2.05) is 0 Å². The zero-order valence-electron chi connectivity index (χ0n) is 7.34. The van der Waals surface area contributed by atoms with Crippen LogP contribution in [-0.4, -0.2) is 19.5 Å². The van der Waals surface area contributed by atoms with Crippen LogP contribution < -0.4 is 15.7 Å². The Morgan fingerprint density at radius 1 is 1.33 bits per heavy atom. The summed E-state index contributed by atoms with van der Waals surface area (Å²) < 4.78 is 24.9. The van der Waals surface area contributed by atoms with Crippen molar-refractivity contribution < 1.29 is 22.5 Å². The van der Waals surface area contributed by atoms with Crippen molar-refractivity contribution in [3.63, 3.8) is 0 Å². The molecule has 0 fully saturated rings. The summed E-state index contributed by atoms with van der Waals surface area (Å²) in [5.74, 6) is -1.55. The molecule has 0 spiro atoms. The maximum Gasteiger partial charge on any atom is 0.335 e. The summed E-state index contributed by atoms with van der Waals surface area (Å²) >= 11 is 0. The van der Waals surface area contributed by atoms with Gasteiger partial charge in [0.15, 0.2) is 5.75 Å². The van der Waals surface area contributed by atoms with Gasteiger partial charge in [0, 0.05) is 0 Å². The number of hydrogen-bond donors (Lipinski definition) is 4. The molecule has 5 N–H and O–H groups in total. The van der Waals surface area contributed by atoms with Crippen LogP contribution in [0.15, 0.2) is 12.1 Å². The Bertz CT molecular complexity index is 475. The normalized spacial score (nSPS) is 10.2. The second kappa shape index (κ2) is 4.05. The van der Waals surface area contributed by atoms with Gasteiger partial charge in [-0.3, -0.25) is 0 Å². The maximum absolute atomic E-state index is 10.6. The lowest BCUT2D eigenvalue weighted by atomic mass is 10.1. The zero-order chi connectivity index (χ0) is 11.6. The lowest BCUT2D eigenvalue weighted by Crippen LogP contribution is -2.04. The Hall–Kier alpha value is -1.96. The van der Waals surface area contributed by atoms with Crippen LogP contribution in [0.4, 0.5) is 11.4 Å². The third-order valence-electron chi connectivity index (χ3n) is 1.59. The van der Waals surface area contributed by atoms with Crippen LogP contribution in [0.25, 0.3) is 0 Å². The molecular weight excluding hydrogens is 224 g/mol. The van der Waals surface area contributed by atoms with Crippen LogP contribution >= 0.6 is 0 Å². The van der Waals surface area contributed by atoms with Gasteiger partial charge in [-0.15, -0.1) is 0 Å². The molecule has 1 aromatic carbocycles. The average molecular weight is 232 g/mol. The third kappa shape index (κ3) is 2.50. The van der Waals surface area contributed by atoms with Gasteiger partial charge in [0.1, 0.15) is 0 Å². The van der Waals surface area contributed by atoms with Gasteiger partial charge < -0.3 is 20.8 Å². The fraction of sp³-hybridized carbons (Fsp3) is 0. The van der Waals surface area contributed by atoms with E-state index in [4.69, 9.17) is 16.6 Å². The van der Waals surface area contributed by atoms with E-state index in [0.717, 1.165) is 12.1 Å². The molecule has 0 aliphatic carbocycles. The summed E-state index contributed by atoms with van der Waals surface area (Å²) in [6.07, 6.45) is 0. The molecule has 0 heterocycles. The molecule has 1 rings (SSSR count). The topological polar surface area (TPSA) is 133 Å². The highest BCUT2D eigenvalue weighted by Crippen LogP contribution is 2.29. The van der Waals surface area contributed by atoms with E-state index in [9.17, 15) is 13.2 Å². The van der Waals surface area contributed by atoms with Gasteiger partial charge in [0.25, 0.3) is 11.0 Å². The number of carboxylic acids is 1. The van der Waals surface area contributed by atoms with Gasteiger partial charge in [-0.2, -0.15) is 8.42 Å². The van der Waals surface area contributed by atoms with Crippen molar-refractivity contribution >= 4 is 28.3 Å². The van der Waals surface area contributed by atoms with Crippen molar-refractivity contribution in [2.45, 2.75) is 0 Å². The highest BCUT2D eigenvalue weighted by molar-refractivity contribution is 7.67. The van der Waals surface area contributed by atoms with E-state index in [1.54, 1.807) is 0 Å². The van der Waals surface area contributed by atoms with Gasteiger partial charge in [-0.05, 0) is 12.1 Å². The third-order valence-corrected chi connectivity index (χ3v) is 1.94. The quantitative estimate of drug-likeness (QED) is 0.406. The van der Waals surface area contributed by atoms with Gasteiger partial charge in [0.05, 0.1) is 16.9 Å². The van der Waals surface area contributed by atoms with Gasteiger partial charge >= 0.3 is 5.97 Å². The molecule has 0 saturated carbocycles. The van der Waals surface area contributed by atoms with E-state index in [-0.39, 0.29) is 22.7 Å². The second-order valence-electron chi connectivity index (χ2n) is 2.60. The van der Waals surface area contributed by atoms with Gasteiger partial charge in [-0.1, -0.05) is 0 Å². The van der Waals surface area contributed by atoms with Gasteiger partial charge in [-0.25, -0.2) is 4.79 Å². The van der Waals surface area contributed by atoms with Crippen LogP contribution in [0, 0.1) is 0 Å². The maximum atomic E-state index is 10.6. The number of benzene rings is 1. The summed E-state index contributed by atoms with van der Waals surface area (Å²) in [4.78, 5) is 10.6. The predicted molar refractivity (Wildman–Crippen MR) is 53.2 cm³/mol. The number of anilines is 2. The van der Waals surface area contributed by atoms with Crippen molar-refractivity contribution in [2.75, 3.05) is 11.5 Å². The van der Waals surface area contributed by atoms with Crippen molar-refractivity contribution in [1.29, 1.82) is 0 Å². The van der Waals surface area contributed by atoms with Crippen LogP contribution in [0.3, 0.4) is 0 Å². The predicted octanol–water partition coefficient (Wildman–Crippen LogP) is -0.546. The average Bonchev–Trinajstić information content (AvgIpc) is 2.11. The Morgan fingerprint density at radius 3 is 2.40 bits per heavy atom. The molecule has 0 unspecified atom stereocenters. The number of hydrogen-bond acceptors (Lipinski definition) is 6. The molecule has 8 heteroatoms. The molecule has 0 aliphatic heterocycles. The Labute approximate surface area is 86.4 Å². The lowest BCUT2D eigenvalue weighted by Gasteiger charge is -2.06. The molecule has 0 atom stereocenters. The smallest absolute Gasteiger partial charge is 0.335 e. The van der Waals surface area contributed by atoms with E-state index in [0.29, 0.717) is 0 Å². The summed E-state index contributed by atoms with van der Waals surface area (Å²) in [5, 5.41) is 8.66. The Kier molecular flexibility index (Phi) is 3.00. The summed E-state index contributed by atoms with van der Waals surface area (Å²) in [6.45, 7) is 0. The first kappa shape index (κ1) is 11.1.